The van der Waals surface area contributed by atoms with E-state index in [0.717, 1.165) is 0 Å². The molecule has 2 aliphatic heterocycles. The molecular weight excluding hydrogens is 356 g/mol. The number of fused-ring (bicyclic) bond motifs is 1. The van der Waals surface area contributed by atoms with E-state index in [1.165, 1.54) is 24.1 Å². The molecule has 2 heterocycles. The van der Waals surface area contributed by atoms with Gasteiger partial charge in [0, 0.05) is 7.11 Å². The second-order valence-electron chi connectivity index (χ2n) is 7.36. The maximum absolute atomic E-state index is 12.6. The molecule has 3 rings (SSSR count). The van der Waals surface area contributed by atoms with E-state index in [2.05, 4.69) is 0 Å². The molecular formula is C18H20N2O7. The summed E-state index contributed by atoms with van der Waals surface area (Å²) in [6.45, 7) is 4.96. The smallest absolute Gasteiger partial charge is 0.410 e. The van der Waals surface area contributed by atoms with E-state index in [1.807, 2.05) is 0 Å². The van der Waals surface area contributed by atoms with Crippen LogP contribution in [0.25, 0.3) is 0 Å². The van der Waals surface area contributed by atoms with Crippen LogP contribution in [0.15, 0.2) is 24.3 Å². The molecule has 0 aliphatic carbocycles. The zero-order valence-electron chi connectivity index (χ0n) is 15.5. The first-order chi connectivity index (χ1) is 12.6. The van der Waals surface area contributed by atoms with Crippen molar-refractivity contribution in [2.45, 2.75) is 32.0 Å². The zero-order chi connectivity index (χ0) is 20.0. The van der Waals surface area contributed by atoms with Crippen molar-refractivity contribution in [3.63, 3.8) is 0 Å². The van der Waals surface area contributed by atoms with Gasteiger partial charge in [0.1, 0.15) is 5.60 Å². The second-order valence-corrected chi connectivity index (χ2v) is 7.36. The van der Waals surface area contributed by atoms with Crippen molar-refractivity contribution >= 4 is 23.9 Å². The SMILES string of the molecule is COC1(C(=O)ON2C(=O)c3ccccc3C2=O)CN(C(=O)OC(C)(C)C)C1. The van der Waals surface area contributed by atoms with E-state index < -0.39 is 35.1 Å². The number of hydrogen-bond acceptors (Lipinski definition) is 7. The van der Waals surface area contributed by atoms with Crippen molar-refractivity contribution < 1.29 is 33.5 Å². The van der Waals surface area contributed by atoms with Crippen LogP contribution < -0.4 is 0 Å². The van der Waals surface area contributed by atoms with Gasteiger partial charge in [-0.3, -0.25) is 9.59 Å². The van der Waals surface area contributed by atoms with E-state index in [9.17, 15) is 19.2 Å². The first-order valence-corrected chi connectivity index (χ1v) is 8.31. The molecule has 0 N–H and O–H groups in total. The number of hydrogen-bond donors (Lipinski definition) is 0. The van der Waals surface area contributed by atoms with Gasteiger partial charge in [0.05, 0.1) is 24.2 Å². The van der Waals surface area contributed by atoms with Crippen molar-refractivity contribution in [1.29, 1.82) is 0 Å². The van der Waals surface area contributed by atoms with E-state index in [4.69, 9.17) is 14.3 Å². The lowest BCUT2D eigenvalue weighted by Crippen LogP contribution is -2.69. The fraction of sp³-hybridized carbons (Fsp3) is 0.444. The van der Waals surface area contributed by atoms with Crippen LogP contribution in [0.3, 0.4) is 0 Å². The largest absolute Gasteiger partial charge is 0.444 e. The molecule has 1 aromatic rings. The molecule has 1 saturated heterocycles. The van der Waals surface area contributed by atoms with E-state index in [0.29, 0.717) is 5.06 Å². The Morgan fingerprint density at radius 2 is 1.56 bits per heavy atom. The highest BCUT2D eigenvalue weighted by molar-refractivity contribution is 6.21. The number of nitrogens with zero attached hydrogens (tertiary/aromatic N) is 2. The first kappa shape index (κ1) is 18.8. The Morgan fingerprint density at radius 3 is 2.00 bits per heavy atom. The normalized spacial score (nSPS) is 18.1. The highest BCUT2D eigenvalue weighted by Crippen LogP contribution is 2.30. The molecule has 1 fully saturated rings. The monoisotopic (exact) mass is 376 g/mol. The zero-order valence-corrected chi connectivity index (χ0v) is 15.5. The molecule has 0 spiro atoms. The van der Waals surface area contributed by atoms with Gasteiger partial charge in [0.25, 0.3) is 11.8 Å². The maximum Gasteiger partial charge on any atom is 0.410 e. The molecule has 0 bridgehead atoms. The molecule has 1 aromatic carbocycles. The number of methoxy groups -OCH3 is 1. The minimum Gasteiger partial charge on any atom is -0.444 e. The molecule has 3 amide bonds. The number of amides is 3. The van der Waals surface area contributed by atoms with Crippen molar-refractivity contribution in [3.8, 4) is 0 Å². The summed E-state index contributed by atoms with van der Waals surface area (Å²) in [6, 6.07) is 6.17. The molecule has 27 heavy (non-hydrogen) atoms. The van der Waals surface area contributed by atoms with Crippen molar-refractivity contribution in [3.05, 3.63) is 35.4 Å². The average Bonchev–Trinajstić information content (AvgIpc) is 2.78. The summed E-state index contributed by atoms with van der Waals surface area (Å²) < 4.78 is 10.5. The van der Waals surface area contributed by atoms with Gasteiger partial charge in [-0.05, 0) is 32.9 Å². The Labute approximate surface area is 155 Å². The third-order valence-corrected chi connectivity index (χ3v) is 4.24. The Kier molecular flexibility index (Phi) is 4.43. The van der Waals surface area contributed by atoms with Crippen LogP contribution in [0.5, 0.6) is 0 Å². The first-order valence-electron chi connectivity index (χ1n) is 8.31. The van der Waals surface area contributed by atoms with E-state index >= 15 is 0 Å². The molecule has 144 valence electrons. The highest BCUT2D eigenvalue weighted by Gasteiger charge is 2.56. The fourth-order valence-corrected chi connectivity index (χ4v) is 2.78. The summed E-state index contributed by atoms with van der Waals surface area (Å²) in [4.78, 5) is 55.5. The molecule has 2 aliphatic rings. The van der Waals surface area contributed by atoms with Crippen LogP contribution in [0.2, 0.25) is 0 Å². The summed E-state index contributed by atoms with van der Waals surface area (Å²) in [5.74, 6) is -2.38. The number of rotatable bonds is 3. The van der Waals surface area contributed by atoms with E-state index in [-0.39, 0.29) is 24.2 Å². The number of likely N-dealkylation sites (tertiary alicyclic amines) is 1. The van der Waals surface area contributed by atoms with Gasteiger partial charge in [-0.2, -0.15) is 0 Å². The second kappa shape index (κ2) is 6.34. The Balaban J connectivity index is 1.67. The fourth-order valence-electron chi connectivity index (χ4n) is 2.78. The Bertz CT molecular complexity index is 786. The van der Waals surface area contributed by atoms with Crippen LogP contribution in [0.4, 0.5) is 4.79 Å². The molecule has 0 saturated carbocycles. The molecule has 0 aromatic heterocycles. The molecule has 9 nitrogen and oxygen atoms in total. The number of imide groups is 1. The minimum atomic E-state index is -1.47. The van der Waals surface area contributed by atoms with Crippen molar-refractivity contribution in [1.82, 2.24) is 9.96 Å². The molecule has 0 radical (unpaired) electrons. The van der Waals surface area contributed by atoms with Crippen molar-refractivity contribution in [2.24, 2.45) is 0 Å². The van der Waals surface area contributed by atoms with Crippen LogP contribution in [-0.4, -0.2) is 65.2 Å². The quantitative estimate of drug-likeness (QED) is 0.734. The van der Waals surface area contributed by atoms with Crippen LogP contribution in [0.1, 0.15) is 41.5 Å². The summed E-state index contributed by atoms with van der Waals surface area (Å²) in [5, 5.41) is 0.421. The highest BCUT2D eigenvalue weighted by atomic mass is 16.7. The number of carbonyl (C=O) groups is 4. The van der Waals surface area contributed by atoms with Crippen LogP contribution in [0, 0.1) is 0 Å². The third-order valence-electron chi connectivity index (χ3n) is 4.24. The average molecular weight is 376 g/mol. The lowest BCUT2D eigenvalue weighted by atomic mass is 9.94. The standard InChI is InChI=1S/C18H20N2O7/c1-17(2,3)26-16(24)19-9-18(10-19,25-4)15(23)27-20-13(21)11-7-5-6-8-12(11)14(20)22/h5-8H,9-10H2,1-4H3. The Morgan fingerprint density at radius 1 is 1.04 bits per heavy atom. The molecule has 0 unspecified atom stereocenters. The number of carbonyl (C=O) groups excluding carboxylic acids is 4. The summed E-state index contributed by atoms with van der Waals surface area (Å²) in [5.41, 5.74) is -1.83. The summed E-state index contributed by atoms with van der Waals surface area (Å²) in [6.07, 6.45) is -0.594. The van der Waals surface area contributed by atoms with Gasteiger partial charge in [0.15, 0.2) is 0 Å². The number of ether oxygens (including phenoxy) is 2. The predicted molar refractivity (Wildman–Crippen MR) is 90.6 cm³/mol. The van der Waals surface area contributed by atoms with Gasteiger partial charge >= 0.3 is 12.1 Å². The maximum atomic E-state index is 12.6. The van der Waals surface area contributed by atoms with Gasteiger partial charge in [-0.25, -0.2) is 9.59 Å². The lowest BCUT2D eigenvalue weighted by molar-refractivity contribution is -0.209. The number of hydroxylamine groups is 2. The minimum absolute atomic E-state index is 0.111. The summed E-state index contributed by atoms with van der Waals surface area (Å²) >= 11 is 0. The lowest BCUT2D eigenvalue weighted by Gasteiger charge is -2.46. The third kappa shape index (κ3) is 3.25. The predicted octanol–water partition coefficient (Wildman–Crippen LogP) is 1.38. The van der Waals surface area contributed by atoms with Gasteiger partial charge in [0.2, 0.25) is 5.60 Å². The van der Waals surface area contributed by atoms with Gasteiger partial charge < -0.3 is 19.2 Å². The van der Waals surface area contributed by atoms with Crippen molar-refractivity contribution in [2.75, 3.05) is 20.2 Å². The van der Waals surface area contributed by atoms with Crippen LogP contribution in [-0.2, 0) is 19.1 Å². The molecule has 0 atom stereocenters. The van der Waals surface area contributed by atoms with E-state index in [1.54, 1.807) is 32.9 Å². The van der Waals surface area contributed by atoms with Gasteiger partial charge in [-0.1, -0.05) is 17.2 Å². The van der Waals surface area contributed by atoms with Crippen LogP contribution >= 0.6 is 0 Å². The van der Waals surface area contributed by atoms with Gasteiger partial charge in [-0.15, -0.1) is 0 Å². The summed E-state index contributed by atoms with van der Waals surface area (Å²) in [7, 11) is 1.29. The number of benzene rings is 1. The Hall–Kier alpha value is -2.94. The topological polar surface area (TPSA) is 102 Å². The molecule has 9 heteroatoms.